The largest absolute Gasteiger partial charge is 0.437 e. The first-order valence-corrected chi connectivity index (χ1v) is 6.53. The zero-order valence-electron chi connectivity index (χ0n) is 9.58. The highest BCUT2D eigenvalue weighted by Gasteiger charge is 2.07. The van der Waals surface area contributed by atoms with Gasteiger partial charge in [0.05, 0.1) is 10.0 Å². The molecule has 2 aromatic rings. The van der Waals surface area contributed by atoms with Gasteiger partial charge in [0.15, 0.2) is 0 Å². The van der Waals surface area contributed by atoms with E-state index in [4.69, 9.17) is 39.5 Å². The summed E-state index contributed by atoms with van der Waals surface area (Å²) < 4.78 is 5.60. The highest BCUT2D eigenvalue weighted by Crippen LogP contribution is 2.30. The van der Waals surface area contributed by atoms with Crippen LogP contribution in [0.4, 0.5) is 0 Å². The minimum absolute atomic E-state index is 0.305. The lowest BCUT2D eigenvalue weighted by atomic mass is 10.2. The van der Waals surface area contributed by atoms with Gasteiger partial charge in [-0.3, -0.25) is 0 Å². The third-order valence-electron chi connectivity index (χ3n) is 2.36. The number of pyridine rings is 1. The predicted molar refractivity (Wildman–Crippen MR) is 75.1 cm³/mol. The third kappa shape index (κ3) is 3.08. The first kappa shape index (κ1) is 13.5. The molecule has 2 rings (SSSR count). The number of benzene rings is 1. The molecule has 1 aromatic carbocycles. The molecule has 0 N–H and O–H groups in total. The van der Waals surface area contributed by atoms with Crippen molar-refractivity contribution < 1.29 is 4.74 Å². The maximum Gasteiger partial charge on any atom is 0.219 e. The molecule has 0 bridgehead atoms. The Hall–Kier alpha value is -0.960. The smallest absolute Gasteiger partial charge is 0.219 e. The van der Waals surface area contributed by atoms with Gasteiger partial charge in [0.25, 0.3) is 0 Å². The number of rotatable bonds is 3. The maximum atomic E-state index is 6.08. The van der Waals surface area contributed by atoms with E-state index in [1.807, 2.05) is 19.1 Å². The normalized spacial score (nSPS) is 10.4. The number of aryl methyl sites for hydroxylation is 1. The van der Waals surface area contributed by atoms with Crippen LogP contribution >= 0.6 is 34.8 Å². The van der Waals surface area contributed by atoms with Crippen LogP contribution in [0.15, 0.2) is 30.5 Å². The molecule has 0 radical (unpaired) electrons. The fourth-order valence-electron chi connectivity index (χ4n) is 1.42. The van der Waals surface area contributed by atoms with Crippen molar-refractivity contribution in [3.05, 3.63) is 51.6 Å². The topological polar surface area (TPSA) is 22.1 Å². The quantitative estimate of drug-likeness (QED) is 0.724. The molecule has 18 heavy (non-hydrogen) atoms. The summed E-state index contributed by atoms with van der Waals surface area (Å²) in [6.45, 7) is 1.96. The van der Waals surface area contributed by atoms with E-state index in [0.717, 1.165) is 11.1 Å². The Labute approximate surface area is 120 Å². The van der Waals surface area contributed by atoms with Crippen molar-refractivity contribution in [1.82, 2.24) is 4.98 Å². The molecule has 5 heteroatoms. The number of nitrogens with zero attached hydrogens (tertiary/aromatic N) is 1. The Morgan fingerprint density at radius 1 is 1.17 bits per heavy atom. The zero-order chi connectivity index (χ0) is 13.1. The Kier molecular flexibility index (Phi) is 4.33. The highest BCUT2D eigenvalue weighted by molar-refractivity contribution is 6.32. The van der Waals surface area contributed by atoms with Crippen LogP contribution in [0.25, 0.3) is 0 Å². The van der Waals surface area contributed by atoms with E-state index in [0.29, 0.717) is 27.6 Å². The van der Waals surface area contributed by atoms with E-state index in [2.05, 4.69) is 4.98 Å². The van der Waals surface area contributed by atoms with Crippen LogP contribution in [0.3, 0.4) is 0 Å². The summed E-state index contributed by atoms with van der Waals surface area (Å²) in [6, 6.07) is 7.24. The Bertz CT molecular complexity index is 572. The highest BCUT2D eigenvalue weighted by atomic mass is 35.5. The molecule has 0 fully saturated rings. The standard InChI is InChI=1S/C13H10Cl3NO/c1-8-2-3-12(10(15)4-8)18-13-5-9(6-14)11(16)7-17-13/h2-5,7H,6H2,1H3. The van der Waals surface area contributed by atoms with Crippen molar-refractivity contribution in [3.8, 4) is 11.6 Å². The predicted octanol–water partition coefficient (Wildman–Crippen LogP) is 5.23. The lowest BCUT2D eigenvalue weighted by Gasteiger charge is -2.08. The molecule has 0 saturated carbocycles. The average molecular weight is 303 g/mol. The van der Waals surface area contributed by atoms with Crippen LogP contribution in [0, 0.1) is 6.92 Å². The van der Waals surface area contributed by atoms with Gasteiger partial charge < -0.3 is 4.74 Å². The van der Waals surface area contributed by atoms with Crippen LogP contribution in [0.1, 0.15) is 11.1 Å². The van der Waals surface area contributed by atoms with Crippen LogP contribution in [-0.2, 0) is 5.88 Å². The fraction of sp³-hybridized carbons (Fsp3) is 0.154. The average Bonchev–Trinajstić information content (AvgIpc) is 2.35. The minimum atomic E-state index is 0.305. The van der Waals surface area contributed by atoms with Gasteiger partial charge in [-0.2, -0.15) is 0 Å². The molecule has 0 saturated heterocycles. The molecule has 0 aliphatic carbocycles. The lowest BCUT2D eigenvalue weighted by Crippen LogP contribution is -1.91. The summed E-state index contributed by atoms with van der Waals surface area (Å²) in [6.07, 6.45) is 1.51. The Morgan fingerprint density at radius 3 is 2.61 bits per heavy atom. The van der Waals surface area contributed by atoms with Crippen molar-refractivity contribution in [2.24, 2.45) is 0 Å². The second kappa shape index (κ2) is 5.79. The van der Waals surface area contributed by atoms with E-state index < -0.39 is 0 Å². The summed E-state index contributed by atoms with van der Waals surface area (Å²) >= 11 is 17.8. The number of halogens is 3. The van der Waals surface area contributed by atoms with Crippen LogP contribution in [-0.4, -0.2) is 4.98 Å². The van der Waals surface area contributed by atoms with Gasteiger partial charge in [-0.25, -0.2) is 4.98 Å². The number of hydrogen-bond acceptors (Lipinski definition) is 2. The molecule has 1 heterocycles. The lowest BCUT2D eigenvalue weighted by molar-refractivity contribution is 0.462. The number of ether oxygens (including phenoxy) is 1. The maximum absolute atomic E-state index is 6.08. The van der Waals surface area contributed by atoms with E-state index >= 15 is 0 Å². The van der Waals surface area contributed by atoms with Crippen LogP contribution in [0.5, 0.6) is 11.6 Å². The van der Waals surface area contributed by atoms with E-state index in [-0.39, 0.29) is 0 Å². The molecule has 2 nitrogen and oxygen atoms in total. The third-order valence-corrected chi connectivity index (χ3v) is 3.28. The van der Waals surface area contributed by atoms with E-state index in [1.165, 1.54) is 6.20 Å². The van der Waals surface area contributed by atoms with Gasteiger partial charge in [0.1, 0.15) is 5.75 Å². The van der Waals surface area contributed by atoms with E-state index in [9.17, 15) is 0 Å². The summed E-state index contributed by atoms with van der Waals surface area (Å²) in [7, 11) is 0. The zero-order valence-corrected chi connectivity index (χ0v) is 11.9. The summed E-state index contributed by atoms with van der Waals surface area (Å²) in [5.41, 5.74) is 1.84. The van der Waals surface area contributed by atoms with Gasteiger partial charge in [-0.1, -0.05) is 29.3 Å². The second-order valence-corrected chi connectivity index (χ2v) is 4.87. The molecular weight excluding hydrogens is 293 g/mol. The minimum Gasteiger partial charge on any atom is -0.437 e. The number of alkyl halides is 1. The molecule has 0 aliphatic heterocycles. The first-order chi connectivity index (χ1) is 8.60. The van der Waals surface area contributed by atoms with Gasteiger partial charge in [0, 0.05) is 18.1 Å². The van der Waals surface area contributed by atoms with Gasteiger partial charge in [0.2, 0.25) is 5.88 Å². The van der Waals surface area contributed by atoms with Crippen LogP contribution < -0.4 is 4.74 Å². The molecule has 94 valence electrons. The molecule has 0 unspecified atom stereocenters. The molecule has 0 aliphatic rings. The van der Waals surface area contributed by atoms with Gasteiger partial charge >= 0.3 is 0 Å². The number of aromatic nitrogens is 1. The van der Waals surface area contributed by atoms with Crippen molar-refractivity contribution >= 4 is 34.8 Å². The first-order valence-electron chi connectivity index (χ1n) is 5.24. The van der Waals surface area contributed by atoms with E-state index in [1.54, 1.807) is 12.1 Å². The van der Waals surface area contributed by atoms with Crippen molar-refractivity contribution in [1.29, 1.82) is 0 Å². The Balaban J connectivity index is 2.28. The van der Waals surface area contributed by atoms with Gasteiger partial charge in [-0.05, 0) is 30.2 Å². The summed E-state index contributed by atoms with van der Waals surface area (Å²) in [5.74, 6) is 1.28. The van der Waals surface area contributed by atoms with Crippen molar-refractivity contribution in [2.75, 3.05) is 0 Å². The summed E-state index contributed by atoms with van der Waals surface area (Å²) in [4.78, 5) is 4.07. The molecular formula is C13H10Cl3NO. The Morgan fingerprint density at radius 2 is 1.94 bits per heavy atom. The molecule has 0 atom stereocenters. The molecule has 0 amide bonds. The van der Waals surface area contributed by atoms with Crippen LogP contribution in [0.2, 0.25) is 10.0 Å². The molecule has 1 aromatic heterocycles. The second-order valence-electron chi connectivity index (χ2n) is 3.78. The van der Waals surface area contributed by atoms with Gasteiger partial charge in [-0.15, -0.1) is 11.6 Å². The molecule has 0 spiro atoms. The SMILES string of the molecule is Cc1ccc(Oc2cc(CCl)c(Cl)cn2)c(Cl)c1. The number of hydrogen-bond donors (Lipinski definition) is 0. The monoisotopic (exact) mass is 301 g/mol. The van der Waals surface area contributed by atoms with Crippen molar-refractivity contribution in [3.63, 3.8) is 0 Å². The van der Waals surface area contributed by atoms with Crippen molar-refractivity contribution in [2.45, 2.75) is 12.8 Å². The fourth-order valence-corrected chi connectivity index (χ4v) is 2.15. The summed E-state index contributed by atoms with van der Waals surface area (Å²) in [5, 5.41) is 1.06.